The minimum absolute atomic E-state index is 0.0352. The van der Waals surface area contributed by atoms with Crippen LogP contribution < -0.4 is 4.74 Å². The molecule has 2 aliphatic rings. The van der Waals surface area contributed by atoms with E-state index in [1.165, 1.54) is 31.1 Å². The van der Waals surface area contributed by atoms with E-state index in [4.69, 9.17) is 10.00 Å². The highest BCUT2D eigenvalue weighted by Crippen LogP contribution is 2.38. The number of nitriles is 1. The van der Waals surface area contributed by atoms with E-state index in [2.05, 4.69) is 32.8 Å². The third-order valence-corrected chi connectivity index (χ3v) is 5.76. The Morgan fingerprint density at radius 1 is 1.37 bits per heavy atom. The van der Waals surface area contributed by atoms with E-state index in [1.54, 1.807) is 18.2 Å². The molecule has 0 radical (unpaired) electrons. The summed E-state index contributed by atoms with van der Waals surface area (Å²) in [6, 6.07) is 11.1. The molecule has 1 N–H and O–H groups in total. The SMILES string of the molecule is COC(=O)CC1COc2cc(O)ccc21.N#Cc1ccc2c(c1Br)CCC2. The summed E-state index contributed by atoms with van der Waals surface area (Å²) in [4.78, 5) is 11.1. The minimum atomic E-state index is -0.246. The molecule has 6 heteroatoms. The van der Waals surface area contributed by atoms with E-state index < -0.39 is 0 Å². The summed E-state index contributed by atoms with van der Waals surface area (Å²) in [7, 11) is 1.37. The molecule has 1 unspecified atom stereocenters. The Hall–Kier alpha value is -2.52. The fourth-order valence-electron chi connectivity index (χ4n) is 3.43. The number of phenolic OH excluding ortho intramolecular Hbond substituents is 1. The highest BCUT2D eigenvalue weighted by molar-refractivity contribution is 9.10. The minimum Gasteiger partial charge on any atom is -0.508 e. The molecule has 4 rings (SSSR count). The molecule has 0 spiro atoms. The average Bonchev–Trinajstić information content (AvgIpc) is 3.30. The number of phenols is 1. The van der Waals surface area contributed by atoms with Crippen LogP contribution in [0.15, 0.2) is 34.8 Å². The number of carbonyl (C=O) groups excluding carboxylic acids is 1. The second kappa shape index (κ2) is 8.45. The molecule has 140 valence electrons. The van der Waals surface area contributed by atoms with Gasteiger partial charge in [0, 0.05) is 22.0 Å². The highest BCUT2D eigenvalue weighted by atomic mass is 79.9. The Labute approximate surface area is 166 Å². The fourth-order valence-corrected chi connectivity index (χ4v) is 4.10. The van der Waals surface area contributed by atoms with Crippen molar-refractivity contribution in [2.24, 2.45) is 0 Å². The lowest BCUT2D eigenvalue weighted by Crippen LogP contribution is -2.09. The number of nitrogens with zero attached hydrogens (tertiary/aromatic N) is 1. The van der Waals surface area contributed by atoms with Gasteiger partial charge in [-0.15, -0.1) is 0 Å². The molecule has 0 amide bonds. The normalized spacial score (nSPS) is 16.3. The van der Waals surface area contributed by atoms with Crippen molar-refractivity contribution in [3.05, 3.63) is 57.1 Å². The van der Waals surface area contributed by atoms with E-state index in [9.17, 15) is 9.90 Å². The zero-order chi connectivity index (χ0) is 19.4. The van der Waals surface area contributed by atoms with E-state index in [-0.39, 0.29) is 17.6 Å². The van der Waals surface area contributed by atoms with Gasteiger partial charge >= 0.3 is 5.97 Å². The second-order valence-corrected chi connectivity index (χ2v) is 7.33. The predicted octanol–water partition coefficient (Wildman–Crippen LogP) is 4.24. The van der Waals surface area contributed by atoms with Crippen molar-refractivity contribution in [2.75, 3.05) is 13.7 Å². The van der Waals surface area contributed by atoms with Crippen LogP contribution in [0.1, 0.15) is 41.0 Å². The smallest absolute Gasteiger partial charge is 0.306 e. The van der Waals surface area contributed by atoms with Crippen LogP contribution in [-0.2, 0) is 22.4 Å². The maximum absolute atomic E-state index is 11.1. The largest absolute Gasteiger partial charge is 0.508 e. The van der Waals surface area contributed by atoms with E-state index in [1.807, 2.05) is 6.07 Å². The van der Waals surface area contributed by atoms with Crippen molar-refractivity contribution in [1.82, 2.24) is 0 Å². The van der Waals surface area contributed by atoms with Crippen LogP contribution in [-0.4, -0.2) is 24.8 Å². The number of hydrogen-bond acceptors (Lipinski definition) is 5. The Kier molecular flexibility index (Phi) is 6.02. The van der Waals surface area contributed by atoms with Crippen LogP contribution in [0.25, 0.3) is 0 Å². The van der Waals surface area contributed by atoms with Gasteiger partial charge in [0.2, 0.25) is 0 Å². The van der Waals surface area contributed by atoms with Crippen LogP contribution in [0.3, 0.4) is 0 Å². The van der Waals surface area contributed by atoms with Crippen LogP contribution in [0, 0.1) is 11.3 Å². The molecular weight excluding hydrogens is 410 g/mol. The van der Waals surface area contributed by atoms with Crippen LogP contribution in [0.4, 0.5) is 0 Å². The number of methoxy groups -OCH3 is 1. The number of fused-ring (bicyclic) bond motifs is 2. The molecule has 1 heterocycles. The van der Waals surface area contributed by atoms with E-state index >= 15 is 0 Å². The van der Waals surface area contributed by atoms with Gasteiger partial charge in [-0.2, -0.15) is 5.26 Å². The van der Waals surface area contributed by atoms with Gasteiger partial charge < -0.3 is 14.6 Å². The number of carbonyl (C=O) groups is 1. The van der Waals surface area contributed by atoms with Crippen LogP contribution >= 0.6 is 15.9 Å². The van der Waals surface area contributed by atoms with Crippen molar-refractivity contribution in [3.63, 3.8) is 0 Å². The lowest BCUT2D eigenvalue weighted by atomic mass is 9.98. The molecule has 1 atom stereocenters. The number of aromatic hydroxyl groups is 1. The molecule has 2 aromatic rings. The summed E-state index contributed by atoms with van der Waals surface area (Å²) < 4.78 is 11.0. The summed E-state index contributed by atoms with van der Waals surface area (Å²) in [5.74, 6) is 0.619. The summed E-state index contributed by atoms with van der Waals surface area (Å²) in [5.41, 5.74) is 4.46. The maximum Gasteiger partial charge on any atom is 0.306 e. The van der Waals surface area contributed by atoms with Crippen molar-refractivity contribution in [2.45, 2.75) is 31.6 Å². The quantitative estimate of drug-likeness (QED) is 0.721. The first-order chi connectivity index (χ1) is 13.0. The lowest BCUT2D eigenvalue weighted by molar-refractivity contribution is -0.141. The summed E-state index contributed by atoms with van der Waals surface area (Å²) in [6.07, 6.45) is 3.82. The first-order valence-electron chi connectivity index (χ1n) is 8.76. The standard InChI is InChI=1S/C11H12O4.C10H8BrN/c1-14-11(13)4-7-6-15-10-5-8(12)2-3-9(7)10;11-10-8(6-12)5-4-7-2-1-3-9(7)10/h2-3,5,7,12H,4,6H2,1H3;4-5H,1-3H2. The third-order valence-electron chi connectivity index (χ3n) is 4.85. The topological polar surface area (TPSA) is 79.6 Å². The van der Waals surface area contributed by atoms with Crippen molar-refractivity contribution in [1.29, 1.82) is 5.26 Å². The van der Waals surface area contributed by atoms with Crippen LogP contribution in [0.2, 0.25) is 0 Å². The summed E-state index contributed by atoms with van der Waals surface area (Å²) in [6.45, 7) is 0.466. The van der Waals surface area contributed by atoms with Gasteiger partial charge in [-0.3, -0.25) is 4.79 Å². The third kappa shape index (κ3) is 4.25. The molecule has 0 bridgehead atoms. The van der Waals surface area contributed by atoms with Crippen molar-refractivity contribution < 1.29 is 19.4 Å². The molecule has 0 fully saturated rings. The number of benzene rings is 2. The number of halogens is 1. The fraction of sp³-hybridized carbons (Fsp3) is 0.333. The molecule has 1 aliphatic heterocycles. The highest BCUT2D eigenvalue weighted by Gasteiger charge is 2.26. The molecule has 0 saturated heterocycles. The van der Waals surface area contributed by atoms with E-state index in [0.29, 0.717) is 18.8 Å². The monoisotopic (exact) mass is 429 g/mol. The van der Waals surface area contributed by atoms with Crippen molar-refractivity contribution in [3.8, 4) is 17.6 Å². The van der Waals surface area contributed by atoms with Gasteiger partial charge in [0.25, 0.3) is 0 Å². The molecule has 5 nitrogen and oxygen atoms in total. The summed E-state index contributed by atoms with van der Waals surface area (Å²) >= 11 is 3.47. The molecule has 27 heavy (non-hydrogen) atoms. The Morgan fingerprint density at radius 3 is 2.93 bits per heavy atom. The van der Waals surface area contributed by atoms with E-state index in [0.717, 1.165) is 22.0 Å². The molecular formula is C21H20BrNO4. The van der Waals surface area contributed by atoms with Crippen LogP contribution in [0.5, 0.6) is 11.5 Å². The number of aryl methyl sites for hydroxylation is 1. The average molecular weight is 430 g/mol. The van der Waals surface area contributed by atoms with Crippen molar-refractivity contribution >= 4 is 21.9 Å². The number of esters is 1. The second-order valence-electron chi connectivity index (χ2n) is 6.54. The van der Waals surface area contributed by atoms with Gasteiger partial charge in [-0.1, -0.05) is 12.1 Å². The predicted molar refractivity (Wildman–Crippen MR) is 104 cm³/mol. The van der Waals surface area contributed by atoms with Gasteiger partial charge in [0.05, 0.1) is 25.7 Å². The molecule has 0 aromatic heterocycles. The Bertz CT molecular complexity index is 904. The zero-order valence-corrected chi connectivity index (χ0v) is 16.6. The first kappa shape index (κ1) is 19.2. The number of ether oxygens (including phenoxy) is 2. The Morgan fingerprint density at radius 2 is 2.19 bits per heavy atom. The lowest BCUT2D eigenvalue weighted by Gasteiger charge is -2.06. The number of rotatable bonds is 2. The van der Waals surface area contributed by atoms with Gasteiger partial charge in [0.1, 0.15) is 17.6 Å². The molecule has 2 aromatic carbocycles. The zero-order valence-electron chi connectivity index (χ0n) is 15.0. The van der Waals surface area contributed by atoms with Gasteiger partial charge in [0.15, 0.2) is 0 Å². The van der Waals surface area contributed by atoms with Gasteiger partial charge in [-0.05, 0) is 58.5 Å². The first-order valence-corrected chi connectivity index (χ1v) is 9.55. The van der Waals surface area contributed by atoms with Gasteiger partial charge in [-0.25, -0.2) is 0 Å². The Balaban J connectivity index is 0.000000159. The number of hydrogen-bond donors (Lipinski definition) is 1. The molecule has 1 aliphatic carbocycles. The summed E-state index contributed by atoms with van der Waals surface area (Å²) in [5, 5.41) is 18.0. The molecule has 0 saturated carbocycles. The maximum atomic E-state index is 11.1.